The second-order valence-electron chi connectivity index (χ2n) is 12.5. The molecule has 226 valence electrons. The number of rotatable bonds is 9. The lowest BCUT2D eigenvalue weighted by atomic mass is 9.96. The molecule has 1 aliphatic heterocycles. The summed E-state index contributed by atoms with van der Waals surface area (Å²) in [6.45, 7) is 8.92. The Bertz CT molecular complexity index is 1830. The van der Waals surface area contributed by atoms with Crippen LogP contribution in [0.25, 0.3) is 27.6 Å². The fourth-order valence-electron chi connectivity index (χ4n) is 6.66. The highest BCUT2D eigenvalue weighted by Crippen LogP contribution is 2.59. The summed E-state index contributed by atoms with van der Waals surface area (Å²) in [6.07, 6.45) is 4.92. The maximum Gasteiger partial charge on any atom is 0.245 e. The van der Waals surface area contributed by atoms with E-state index >= 15 is 4.39 Å². The van der Waals surface area contributed by atoms with E-state index in [1.807, 2.05) is 56.3 Å². The maximum absolute atomic E-state index is 15.0. The van der Waals surface area contributed by atoms with Crippen molar-refractivity contribution in [2.45, 2.75) is 78.9 Å². The van der Waals surface area contributed by atoms with E-state index in [1.165, 1.54) is 6.92 Å². The van der Waals surface area contributed by atoms with E-state index in [9.17, 15) is 14.4 Å². The molecule has 1 aliphatic carbocycles. The van der Waals surface area contributed by atoms with Gasteiger partial charge in [-0.15, -0.1) is 0 Å². The summed E-state index contributed by atoms with van der Waals surface area (Å²) < 4.78 is 16.6. The van der Waals surface area contributed by atoms with Gasteiger partial charge in [-0.2, -0.15) is 5.10 Å². The molecule has 44 heavy (non-hydrogen) atoms. The summed E-state index contributed by atoms with van der Waals surface area (Å²) in [5.74, 6) is -0.206. The Morgan fingerprint density at radius 2 is 1.68 bits per heavy atom. The minimum atomic E-state index is -0.598. The molecule has 1 saturated carbocycles. The van der Waals surface area contributed by atoms with Crippen LogP contribution in [-0.2, 0) is 16.1 Å². The molecule has 4 aromatic rings. The molecule has 0 bridgehead atoms. The molecule has 1 amide bonds. The van der Waals surface area contributed by atoms with Gasteiger partial charge < -0.3 is 4.90 Å². The number of amides is 1. The fourth-order valence-corrected chi connectivity index (χ4v) is 6.66. The number of hydrogen-bond donors (Lipinski definition) is 0. The van der Waals surface area contributed by atoms with Gasteiger partial charge in [-0.05, 0) is 73.4 Å². The summed E-state index contributed by atoms with van der Waals surface area (Å²) >= 11 is 0. The smallest absolute Gasteiger partial charge is 0.245 e. The van der Waals surface area contributed by atoms with Crippen molar-refractivity contribution in [3.05, 3.63) is 83.3 Å². The molecule has 0 radical (unpaired) electrons. The van der Waals surface area contributed by atoms with Crippen molar-refractivity contribution < 1.29 is 18.8 Å². The first-order valence-electron chi connectivity index (χ1n) is 15.0. The number of aromatic nitrogens is 4. The summed E-state index contributed by atoms with van der Waals surface area (Å²) in [5, 5.41) is 5.25. The van der Waals surface area contributed by atoms with Crippen LogP contribution in [0.1, 0.15) is 73.9 Å². The number of hydrogen-bond acceptors (Lipinski definition) is 6. The zero-order chi connectivity index (χ0) is 31.3. The summed E-state index contributed by atoms with van der Waals surface area (Å²) in [7, 11) is 0. The Hall–Kier alpha value is -4.53. The number of allylic oxidation sites excluding steroid dienone is 2. The van der Waals surface area contributed by atoms with Gasteiger partial charge >= 0.3 is 0 Å². The van der Waals surface area contributed by atoms with Gasteiger partial charge in [0, 0.05) is 49.2 Å². The van der Waals surface area contributed by atoms with Crippen LogP contribution < -0.4 is 0 Å². The lowest BCUT2D eigenvalue weighted by Gasteiger charge is -2.27. The lowest BCUT2D eigenvalue weighted by molar-refractivity contribution is -0.139. The van der Waals surface area contributed by atoms with Crippen molar-refractivity contribution >= 4 is 33.9 Å². The Morgan fingerprint density at radius 3 is 2.36 bits per heavy atom. The molecule has 2 aliphatic rings. The molecule has 0 N–H and O–H groups in total. The van der Waals surface area contributed by atoms with Gasteiger partial charge in [-0.1, -0.05) is 37.3 Å². The van der Waals surface area contributed by atoms with Crippen molar-refractivity contribution in [2.24, 2.45) is 5.41 Å². The zero-order valence-electron chi connectivity index (χ0n) is 25.7. The summed E-state index contributed by atoms with van der Waals surface area (Å²) in [4.78, 5) is 50.4. The van der Waals surface area contributed by atoms with Gasteiger partial charge in [0.1, 0.15) is 23.9 Å². The van der Waals surface area contributed by atoms with Gasteiger partial charge in [0.15, 0.2) is 11.6 Å². The molecular formula is C35H36FN5O3. The predicted octanol–water partition coefficient (Wildman–Crippen LogP) is 6.44. The Kier molecular flexibility index (Phi) is 7.51. The number of aryl methyl sites for hydroxylation is 2. The molecule has 3 heterocycles. The first-order chi connectivity index (χ1) is 21.0. The van der Waals surface area contributed by atoms with Crippen LogP contribution in [-0.4, -0.2) is 54.2 Å². The molecule has 1 saturated heterocycles. The standard InChI is InChI=1S/C35H36FN5O3/c1-20-13-25(26-17-37-23(4)38-18-26)14-27-33(22(3)42)39-40(34(20)27)19-32(44)41-29(15-35(5)16-31(35)41)30(43)12-11-28(36)21(2)24-9-7-6-8-10-24/h6-10,13-14,17-18,29,31H,11-12,15-16,19H2,1-5H3/b28-21+/t29-,31+,35-/m0/s1. The van der Waals surface area contributed by atoms with E-state index in [-0.39, 0.29) is 59.8 Å². The zero-order valence-corrected chi connectivity index (χ0v) is 25.7. The number of nitrogens with zero attached hydrogens (tertiary/aromatic N) is 5. The highest BCUT2D eigenvalue weighted by atomic mass is 19.1. The molecule has 2 aromatic heterocycles. The number of carbonyl (C=O) groups excluding carboxylic acids is 3. The van der Waals surface area contributed by atoms with Gasteiger partial charge in [0.05, 0.1) is 11.6 Å². The van der Waals surface area contributed by atoms with E-state index in [4.69, 9.17) is 0 Å². The highest BCUT2D eigenvalue weighted by Gasteiger charge is 2.64. The largest absolute Gasteiger partial charge is 0.327 e. The van der Waals surface area contributed by atoms with Crippen LogP contribution in [0, 0.1) is 19.3 Å². The quantitative estimate of drug-likeness (QED) is 0.207. The highest BCUT2D eigenvalue weighted by molar-refractivity contribution is 6.07. The third-order valence-corrected chi connectivity index (χ3v) is 9.27. The fraction of sp³-hybridized carbons (Fsp3) is 0.371. The van der Waals surface area contributed by atoms with E-state index in [2.05, 4.69) is 22.0 Å². The molecule has 3 atom stereocenters. The normalized spacial score (nSPS) is 21.3. The number of carbonyl (C=O) groups is 3. The minimum Gasteiger partial charge on any atom is -0.327 e. The van der Waals surface area contributed by atoms with E-state index in [1.54, 1.807) is 28.9 Å². The number of Topliss-reactive ketones (excluding diaryl/α,β-unsaturated/α-hetero) is 2. The maximum atomic E-state index is 15.0. The molecule has 9 heteroatoms. The molecule has 0 spiro atoms. The van der Waals surface area contributed by atoms with Crippen LogP contribution in [0.2, 0.25) is 0 Å². The number of halogens is 1. The number of piperidine rings is 1. The predicted molar refractivity (Wildman–Crippen MR) is 166 cm³/mol. The first-order valence-corrected chi connectivity index (χ1v) is 15.0. The SMILES string of the molecule is CC(=O)c1nn(CC(=O)N2[C@H](C(=O)CC/C(F)=C(/C)c3ccccc3)C[C@@]3(C)C[C@@H]23)c2c(C)cc(-c3cnc(C)nc3)cc12. The van der Waals surface area contributed by atoms with Crippen LogP contribution in [0.3, 0.4) is 0 Å². The number of fused-ring (bicyclic) bond motifs is 2. The second kappa shape index (κ2) is 11.2. The third-order valence-electron chi connectivity index (χ3n) is 9.27. The monoisotopic (exact) mass is 593 g/mol. The van der Waals surface area contributed by atoms with E-state index < -0.39 is 6.04 Å². The van der Waals surface area contributed by atoms with Crippen LogP contribution in [0.15, 0.2) is 60.7 Å². The second-order valence-corrected chi connectivity index (χ2v) is 12.5. The van der Waals surface area contributed by atoms with E-state index in [0.29, 0.717) is 28.7 Å². The van der Waals surface area contributed by atoms with E-state index in [0.717, 1.165) is 28.7 Å². The van der Waals surface area contributed by atoms with Gasteiger partial charge in [0.25, 0.3) is 0 Å². The number of ketones is 2. The summed E-state index contributed by atoms with van der Waals surface area (Å²) in [6, 6.07) is 12.5. The lowest BCUT2D eigenvalue weighted by Crippen LogP contribution is -2.44. The molecular weight excluding hydrogens is 557 g/mol. The average Bonchev–Trinajstić information content (AvgIpc) is 3.35. The molecule has 0 unspecified atom stereocenters. The summed E-state index contributed by atoms with van der Waals surface area (Å²) in [5.41, 5.74) is 4.70. The third kappa shape index (κ3) is 5.36. The van der Waals surface area contributed by atoms with Crippen LogP contribution >= 0.6 is 0 Å². The van der Waals surface area contributed by atoms with Gasteiger partial charge in [0.2, 0.25) is 5.91 Å². The Labute approximate surface area is 256 Å². The Balaban J connectivity index is 1.25. The first kappa shape index (κ1) is 29.5. The van der Waals surface area contributed by atoms with Gasteiger partial charge in [-0.3, -0.25) is 19.1 Å². The molecule has 6 rings (SSSR count). The van der Waals surface area contributed by atoms with Crippen molar-refractivity contribution in [3.63, 3.8) is 0 Å². The van der Waals surface area contributed by atoms with Crippen LogP contribution in [0.4, 0.5) is 4.39 Å². The molecule has 2 fully saturated rings. The number of likely N-dealkylation sites (tertiary alicyclic amines) is 1. The topological polar surface area (TPSA) is 98.1 Å². The minimum absolute atomic E-state index is 0.00120. The van der Waals surface area contributed by atoms with Crippen molar-refractivity contribution in [1.82, 2.24) is 24.6 Å². The molecule has 8 nitrogen and oxygen atoms in total. The van der Waals surface area contributed by atoms with Crippen molar-refractivity contribution in [1.29, 1.82) is 0 Å². The van der Waals surface area contributed by atoms with Crippen molar-refractivity contribution in [2.75, 3.05) is 0 Å². The van der Waals surface area contributed by atoms with Gasteiger partial charge in [-0.25, -0.2) is 14.4 Å². The Morgan fingerprint density at radius 1 is 0.977 bits per heavy atom. The molecule has 2 aromatic carbocycles. The van der Waals surface area contributed by atoms with Crippen molar-refractivity contribution in [3.8, 4) is 11.1 Å². The van der Waals surface area contributed by atoms with Crippen LogP contribution in [0.5, 0.6) is 0 Å². The average molecular weight is 594 g/mol. The number of benzene rings is 2.